The molecule has 0 aromatic heterocycles. The van der Waals surface area contributed by atoms with Crippen LogP contribution in [0, 0.1) is 17.1 Å². The van der Waals surface area contributed by atoms with E-state index in [1.165, 1.54) is 18.2 Å². The van der Waals surface area contributed by atoms with E-state index < -0.39 is 0 Å². The van der Waals surface area contributed by atoms with E-state index in [-0.39, 0.29) is 42.4 Å². The fourth-order valence-electron chi connectivity index (χ4n) is 1.52. The molecule has 1 aromatic carbocycles. The third-order valence-electron chi connectivity index (χ3n) is 2.35. The van der Waals surface area contributed by atoms with Gasteiger partial charge in [-0.2, -0.15) is 5.26 Å². The molecule has 0 saturated carbocycles. The molecule has 0 saturated heterocycles. The van der Waals surface area contributed by atoms with Crippen LogP contribution in [-0.4, -0.2) is 18.5 Å². The van der Waals surface area contributed by atoms with Gasteiger partial charge in [-0.15, -0.1) is 24.0 Å². The summed E-state index contributed by atoms with van der Waals surface area (Å²) in [7, 11) is 0. The normalized spacial score (nSPS) is 10.7. The van der Waals surface area contributed by atoms with Crippen molar-refractivity contribution < 1.29 is 4.39 Å². The summed E-state index contributed by atoms with van der Waals surface area (Å²) < 4.78 is 13.6. The van der Waals surface area contributed by atoms with Crippen LogP contribution >= 0.6 is 24.0 Å². The van der Waals surface area contributed by atoms with Crippen LogP contribution in [0.1, 0.15) is 31.9 Å². The van der Waals surface area contributed by atoms with Gasteiger partial charge in [0.1, 0.15) is 5.82 Å². The van der Waals surface area contributed by atoms with Crippen LogP contribution in [-0.2, 0) is 6.54 Å². The highest BCUT2D eigenvalue weighted by Crippen LogP contribution is 2.11. The van der Waals surface area contributed by atoms with Crippen molar-refractivity contribution >= 4 is 29.9 Å². The number of nitriles is 1. The molecule has 0 aliphatic heterocycles. The minimum absolute atomic E-state index is 0. The molecule has 0 atom stereocenters. The quantitative estimate of drug-likeness (QED) is 0.472. The van der Waals surface area contributed by atoms with E-state index >= 15 is 0 Å². The lowest BCUT2D eigenvalue weighted by atomic mass is 10.1. The van der Waals surface area contributed by atoms with E-state index in [4.69, 9.17) is 5.26 Å². The van der Waals surface area contributed by atoms with E-state index in [1.807, 2.05) is 26.8 Å². The first-order valence-electron chi connectivity index (χ1n) is 6.30. The summed E-state index contributed by atoms with van der Waals surface area (Å²) in [6.45, 7) is 6.91. The molecule has 1 aromatic rings. The third-order valence-corrected chi connectivity index (χ3v) is 2.35. The molecule has 6 heteroatoms. The summed E-state index contributed by atoms with van der Waals surface area (Å²) in [6.07, 6.45) is 0. The summed E-state index contributed by atoms with van der Waals surface area (Å²) in [4.78, 5) is 4.31. The van der Waals surface area contributed by atoms with Crippen LogP contribution in [0.15, 0.2) is 23.2 Å². The largest absolute Gasteiger partial charge is 0.357 e. The van der Waals surface area contributed by atoms with Crippen LogP contribution < -0.4 is 10.6 Å². The van der Waals surface area contributed by atoms with E-state index in [1.54, 1.807) is 0 Å². The van der Waals surface area contributed by atoms with Crippen molar-refractivity contribution in [1.82, 2.24) is 10.6 Å². The van der Waals surface area contributed by atoms with Crippen LogP contribution in [0.3, 0.4) is 0 Å². The number of hydrogen-bond acceptors (Lipinski definition) is 2. The van der Waals surface area contributed by atoms with E-state index in [0.717, 1.165) is 6.54 Å². The van der Waals surface area contributed by atoms with Gasteiger partial charge in [0.2, 0.25) is 0 Å². The van der Waals surface area contributed by atoms with Crippen molar-refractivity contribution in [3.8, 4) is 6.07 Å². The Hall–Kier alpha value is -1.36. The molecular formula is C14H20FIN4. The molecule has 0 spiro atoms. The predicted octanol–water partition coefficient (Wildman–Crippen LogP) is 2.78. The molecule has 0 unspecified atom stereocenters. The maximum Gasteiger partial charge on any atom is 0.191 e. The number of benzene rings is 1. The van der Waals surface area contributed by atoms with Gasteiger partial charge in [-0.25, -0.2) is 9.38 Å². The number of nitrogens with one attached hydrogen (secondary N) is 2. The zero-order chi connectivity index (χ0) is 14.3. The van der Waals surface area contributed by atoms with Gasteiger partial charge in [0.25, 0.3) is 0 Å². The Kier molecular flexibility index (Phi) is 8.88. The van der Waals surface area contributed by atoms with Gasteiger partial charge >= 0.3 is 0 Å². The fourth-order valence-corrected chi connectivity index (χ4v) is 1.52. The smallest absolute Gasteiger partial charge is 0.191 e. The summed E-state index contributed by atoms with van der Waals surface area (Å²) in [5, 5.41) is 15.0. The molecule has 0 fully saturated rings. The van der Waals surface area contributed by atoms with E-state index in [0.29, 0.717) is 17.1 Å². The Morgan fingerprint density at radius 2 is 2.15 bits per heavy atom. The zero-order valence-corrected chi connectivity index (χ0v) is 14.2. The Bertz CT molecular complexity index is 494. The van der Waals surface area contributed by atoms with Gasteiger partial charge in [0.15, 0.2) is 5.96 Å². The number of rotatable bonds is 4. The highest BCUT2D eigenvalue weighted by molar-refractivity contribution is 14.0. The molecule has 0 bridgehead atoms. The third kappa shape index (κ3) is 6.19. The molecule has 4 nitrogen and oxygen atoms in total. The Balaban J connectivity index is 0.00000361. The molecule has 0 aliphatic rings. The molecular weight excluding hydrogens is 370 g/mol. The number of hydrogen-bond donors (Lipinski definition) is 2. The number of nitrogens with zero attached hydrogens (tertiary/aromatic N) is 2. The highest BCUT2D eigenvalue weighted by atomic mass is 127. The van der Waals surface area contributed by atoms with Gasteiger partial charge in [-0.3, -0.25) is 0 Å². The second-order valence-electron chi connectivity index (χ2n) is 4.41. The molecule has 2 N–H and O–H groups in total. The monoisotopic (exact) mass is 390 g/mol. The minimum atomic E-state index is -0.344. The fraction of sp³-hybridized carbons (Fsp3) is 0.429. The molecule has 0 amide bonds. The van der Waals surface area contributed by atoms with Gasteiger partial charge < -0.3 is 10.6 Å². The average Bonchev–Trinajstić information content (AvgIpc) is 2.37. The molecule has 0 aliphatic carbocycles. The van der Waals surface area contributed by atoms with Crippen molar-refractivity contribution in [3.05, 3.63) is 35.1 Å². The SMILES string of the molecule is CCNC(=NCc1cc(C#N)ccc1F)NC(C)C.I. The Morgan fingerprint density at radius 1 is 1.45 bits per heavy atom. The maximum absolute atomic E-state index is 13.6. The summed E-state index contributed by atoms with van der Waals surface area (Å²) in [6, 6.07) is 6.52. The lowest BCUT2D eigenvalue weighted by Gasteiger charge is -2.14. The number of aliphatic imine (C=N–C) groups is 1. The van der Waals surface area contributed by atoms with Crippen molar-refractivity contribution in [2.75, 3.05) is 6.54 Å². The first-order chi connectivity index (χ1) is 9.06. The summed E-state index contributed by atoms with van der Waals surface area (Å²) in [5.74, 6) is 0.294. The standard InChI is InChI=1S/C14H19FN4.HI/c1-4-17-14(19-10(2)3)18-9-12-7-11(8-16)5-6-13(12)15;/h5-7,10H,4,9H2,1-3H3,(H2,17,18,19);1H. The lowest BCUT2D eigenvalue weighted by Crippen LogP contribution is -2.41. The van der Waals surface area contributed by atoms with Gasteiger partial charge in [-0.05, 0) is 39.0 Å². The van der Waals surface area contributed by atoms with Gasteiger partial charge in [-0.1, -0.05) is 0 Å². The molecule has 20 heavy (non-hydrogen) atoms. The molecule has 0 heterocycles. The average molecular weight is 390 g/mol. The zero-order valence-electron chi connectivity index (χ0n) is 11.9. The highest BCUT2D eigenvalue weighted by Gasteiger charge is 2.04. The Morgan fingerprint density at radius 3 is 2.70 bits per heavy atom. The molecule has 0 radical (unpaired) electrons. The van der Waals surface area contributed by atoms with Gasteiger partial charge in [0.05, 0.1) is 18.2 Å². The number of guanidine groups is 1. The first kappa shape index (κ1) is 18.6. The van der Waals surface area contributed by atoms with Crippen molar-refractivity contribution in [2.24, 2.45) is 4.99 Å². The first-order valence-corrected chi connectivity index (χ1v) is 6.30. The second kappa shape index (κ2) is 9.53. The molecule has 110 valence electrons. The van der Waals surface area contributed by atoms with Crippen LogP contribution in [0.25, 0.3) is 0 Å². The predicted molar refractivity (Wildman–Crippen MR) is 89.6 cm³/mol. The van der Waals surface area contributed by atoms with Crippen LogP contribution in [0.5, 0.6) is 0 Å². The van der Waals surface area contributed by atoms with Crippen molar-refractivity contribution in [3.63, 3.8) is 0 Å². The minimum Gasteiger partial charge on any atom is -0.357 e. The van der Waals surface area contributed by atoms with Crippen molar-refractivity contribution in [2.45, 2.75) is 33.4 Å². The lowest BCUT2D eigenvalue weighted by molar-refractivity contribution is 0.609. The summed E-state index contributed by atoms with van der Waals surface area (Å²) >= 11 is 0. The van der Waals surface area contributed by atoms with E-state index in [2.05, 4.69) is 15.6 Å². The van der Waals surface area contributed by atoms with Gasteiger partial charge in [0, 0.05) is 18.2 Å². The van der Waals surface area contributed by atoms with E-state index in [9.17, 15) is 4.39 Å². The van der Waals surface area contributed by atoms with Crippen LogP contribution in [0.2, 0.25) is 0 Å². The second-order valence-corrected chi connectivity index (χ2v) is 4.41. The summed E-state index contributed by atoms with van der Waals surface area (Å²) in [5.41, 5.74) is 0.855. The van der Waals surface area contributed by atoms with Crippen molar-refractivity contribution in [1.29, 1.82) is 5.26 Å². The maximum atomic E-state index is 13.6. The number of halogens is 2. The topological polar surface area (TPSA) is 60.2 Å². The molecule has 1 rings (SSSR count). The Labute approximate surface area is 136 Å². The van der Waals surface area contributed by atoms with Crippen LogP contribution in [0.4, 0.5) is 4.39 Å².